The van der Waals surface area contributed by atoms with E-state index < -0.39 is 36.1 Å². The van der Waals surface area contributed by atoms with Crippen LogP contribution in [0.4, 0.5) is 0 Å². The van der Waals surface area contributed by atoms with E-state index in [1.54, 1.807) is 6.07 Å². The zero-order valence-electron chi connectivity index (χ0n) is 12.1. The third-order valence-electron chi connectivity index (χ3n) is 3.11. The van der Waals surface area contributed by atoms with Crippen LogP contribution in [0.15, 0.2) is 17.1 Å². The van der Waals surface area contributed by atoms with E-state index in [0.29, 0.717) is 4.64 Å². The topological polar surface area (TPSA) is 99.6 Å². The van der Waals surface area contributed by atoms with Crippen molar-refractivity contribution in [3.05, 3.63) is 27.4 Å². The van der Waals surface area contributed by atoms with Gasteiger partial charge in [-0.05, 0) is 6.07 Å². The molecule has 2 heterocycles. The summed E-state index contributed by atoms with van der Waals surface area (Å²) in [5.74, 6) is -0.934. The van der Waals surface area contributed by atoms with Gasteiger partial charge in [0.1, 0.15) is 29.7 Å². The summed E-state index contributed by atoms with van der Waals surface area (Å²) in [7, 11) is 0. The van der Waals surface area contributed by atoms with Crippen molar-refractivity contribution in [3.8, 4) is 0 Å². The number of aromatic amines is 1. The van der Waals surface area contributed by atoms with E-state index in [2.05, 4.69) is 4.98 Å². The number of carbonyl (C=O) groups excluding carboxylic acids is 2. The Morgan fingerprint density at radius 2 is 2.18 bits per heavy atom. The van der Waals surface area contributed by atoms with Crippen LogP contribution in [0.3, 0.4) is 0 Å². The number of hydrogen-bond donors (Lipinski definition) is 1. The molecule has 1 N–H and O–H groups in total. The van der Waals surface area contributed by atoms with Crippen molar-refractivity contribution in [3.63, 3.8) is 0 Å². The van der Waals surface area contributed by atoms with Gasteiger partial charge in [-0.15, -0.1) is 0 Å². The van der Waals surface area contributed by atoms with Gasteiger partial charge in [0, 0.05) is 26.5 Å². The summed E-state index contributed by atoms with van der Waals surface area (Å²) in [6.45, 7) is 2.50. The van der Waals surface area contributed by atoms with Crippen LogP contribution in [0.25, 0.3) is 0 Å². The average molecular weight is 328 g/mol. The predicted octanol–water partition coefficient (Wildman–Crippen LogP) is 0.688. The second-order valence-electron chi connectivity index (χ2n) is 4.83. The van der Waals surface area contributed by atoms with Crippen LogP contribution in [0.5, 0.6) is 0 Å². The highest BCUT2D eigenvalue weighted by Crippen LogP contribution is 2.30. The molecule has 0 bridgehead atoms. The highest BCUT2D eigenvalue weighted by molar-refractivity contribution is 7.71. The molecule has 0 aromatic carbocycles. The lowest BCUT2D eigenvalue weighted by molar-refractivity contribution is -0.155. The molecule has 120 valence electrons. The summed E-state index contributed by atoms with van der Waals surface area (Å²) in [4.78, 5) is 36.5. The van der Waals surface area contributed by atoms with Gasteiger partial charge in [-0.3, -0.25) is 19.1 Å². The molecule has 9 heteroatoms. The molecule has 1 aliphatic heterocycles. The van der Waals surface area contributed by atoms with Gasteiger partial charge in [-0.25, -0.2) is 4.79 Å². The normalized spacial score (nSPS) is 24.0. The third kappa shape index (κ3) is 4.01. The van der Waals surface area contributed by atoms with Crippen molar-refractivity contribution < 1.29 is 23.8 Å². The van der Waals surface area contributed by atoms with E-state index in [4.69, 9.17) is 26.4 Å². The largest absolute Gasteiger partial charge is 0.463 e. The Morgan fingerprint density at radius 3 is 2.77 bits per heavy atom. The van der Waals surface area contributed by atoms with Crippen LogP contribution in [0.1, 0.15) is 26.5 Å². The van der Waals surface area contributed by atoms with Gasteiger partial charge in [0.05, 0.1) is 0 Å². The fourth-order valence-electron chi connectivity index (χ4n) is 2.21. The zero-order chi connectivity index (χ0) is 16.3. The monoisotopic (exact) mass is 328 g/mol. The van der Waals surface area contributed by atoms with Crippen molar-refractivity contribution in [1.29, 1.82) is 0 Å². The smallest absolute Gasteiger partial charge is 0.328 e. The molecular formula is C13H16N2O6S. The van der Waals surface area contributed by atoms with Gasteiger partial charge in [0.2, 0.25) is 0 Å². The van der Waals surface area contributed by atoms with Crippen LogP contribution in [-0.4, -0.2) is 40.3 Å². The number of carbonyl (C=O) groups is 2. The van der Waals surface area contributed by atoms with E-state index in [0.717, 1.165) is 0 Å². The van der Waals surface area contributed by atoms with Gasteiger partial charge < -0.3 is 14.2 Å². The van der Waals surface area contributed by atoms with Gasteiger partial charge in [0.25, 0.3) is 0 Å². The van der Waals surface area contributed by atoms with Crippen LogP contribution in [0.2, 0.25) is 0 Å². The minimum Gasteiger partial charge on any atom is -0.463 e. The van der Waals surface area contributed by atoms with Crippen molar-refractivity contribution in [2.24, 2.45) is 0 Å². The summed E-state index contributed by atoms with van der Waals surface area (Å²) in [5, 5.41) is 0. The van der Waals surface area contributed by atoms with Crippen molar-refractivity contribution in [1.82, 2.24) is 9.55 Å². The number of aromatic nitrogens is 2. The minimum absolute atomic E-state index is 0.0542. The molecule has 2 rings (SSSR count). The summed E-state index contributed by atoms with van der Waals surface area (Å²) < 4.78 is 17.4. The van der Waals surface area contributed by atoms with Gasteiger partial charge >= 0.3 is 17.6 Å². The van der Waals surface area contributed by atoms with E-state index in [9.17, 15) is 14.4 Å². The van der Waals surface area contributed by atoms with Crippen LogP contribution in [-0.2, 0) is 23.8 Å². The molecule has 3 atom stereocenters. The number of ether oxygens (including phenoxy) is 3. The Labute approximate surface area is 131 Å². The van der Waals surface area contributed by atoms with Gasteiger partial charge in [-0.1, -0.05) is 12.2 Å². The van der Waals surface area contributed by atoms with Crippen molar-refractivity contribution in [2.75, 3.05) is 6.61 Å². The third-order valence-corrected chi connectivity index (χ3v) is 3.35. The lowest BCUT2D eigenvalue weighted by Crippen LogP contribution is -2.31. The molecule has 1 saturated heterocycles. The Hall–Kier alpha value is -2.00. The first-order valence-electron chi connectivity index (χ1n) is 6.64. The highest BCUT2D eigenvalue weighted by Gasteiger charge is 2.39. The van der Waals surface area contributed by atoms with E-state index in [-0.39, 0.29) is 13.0 Å². The fourth-order valence-corrected chi connectivity index (χ4v) is 2.36. The Kier molecular flexibility index (Phi) is 5.09. The number of hydrogen-bond acceptors (Lipinski definition) is 7. The lowest BCUT2D eigenvalue weighted by atomic mass is 10.2. The van der Waals surface area contributed by atoms with Crippen molar-refractivity contribution >= 4 is 24.2 Å². The molecule has 22 heavy (non-hydrogen) atoms. The molecule has 0 spiro atoms. The van der Waals surface area contributed by atoms with Crippen molar-refractivity contribution in [2.45, 2.75) is 38.7 Å². The quantitative estimate of drug-likeness (QED) is 0.641. The Balaban J connectivity index is 2.17. The van der Waals surface area contributed by atoms with Crippen LogP contribution >= 0.6 is 12.2 Å². The fraction of sp³-hybridized carbons (Fsp3) is 0.538. The zero-order valence-corrected chi connectivity index (χ0v) is 12.9. The summed E-state index contributed by atoms with van der Waals surface area (Å²) >= 11 is 4.87. The van der Waals surface area contributed by atoms with Crippen LogP contribution in [0, 0.1) is 4.64 Å². The molecular weight excluding hydrogens is 312 g/mol. The number of esters is 2. The number of nitrogens with zero attached hydrogens (tertiary/aromatic N) is 1. The summed E-state index contributed by atoms with van der Waals surface area (Å²) in [6, 6.07) is 1.56. The summed E-state index contributed by atoms with van der Waals surface area (Å²) in [5.41, 5.74) is -0.424. The van der Waals surface area contributed by atoms with E-state index in [1.165, 1.54) is 24.6 Å². The first-order chi connectivity index (χ1) is 10.4. The summed E-state index contributed by atoms with van der Waals surface area (Å²) in [6.07, 6.45) is -0.0879. The molecule has 1 fully saturated rings. The lowest BCUT2D eigenvalue weighted by Gasteiger charge is -2.17. The molecule has 8 nitrogen and oxygen atoms in total. The van der Waals surface area contributed by atoms with E-state index in [1.807, 2.05) is 0 Å². The molecule has 0 radical (unpaired) electrons. The minimum atomic E-state index is -0.635. The van der Waals surface area contributed by atoms with E-state index >= 15 is 0 Å². The molecule has 1 aromatic heterocycles. The standard InChI is InChI=1S/C13H16N2O6S/c1-7(16)19-6-10-9(20-8(2)17)5-12(21-10)15-4-3-11(22)14-13(15)18/h3-4,9-10,12H,5-6H2,1-2H3,(H,14,18,22)/t9-,10+,12+/m0/s1. The predicted molar refractivity (Wildman–Crippen MR) is 76.6 cm³/mol. The maximum absolute atomic E-state index is 11.9. The average Bonchev–Trinajstić information content (AvgIpc) is 2.78. The molecule has 0 saturated carbocycles. The maximum Gasteiger partial charge on any atom is 0.328 e. The first-order valence-corrected chi connectivity index (χ1v) is 7.05. The number of H-pyrrole nitrogens is 1. The van der Waals surface area contributed by atoms with Crippen LogP contribution < -0.4 is 5.69 Å². The molecule has 0 aliphatic carbocycles. The highest BCUT2D eigenvalue weighted by atomic mass is 32.1. The number of rotatable bonds is 4. The number of nitrogens with one attached hydrogen (secondary N) is 1. The molecule has 1 aromatic rings. The molecule has 0 unspecified atom stereocenters. The first kappa shape index (κ1) is 16.4. The molecule has 1 aliphatic rings. The van der Waals surface area contributed by atoms with Gasteiger partial charge in [0.15, 0.2) is 0 Å². The second-order valence-corrected chi connectivity index (χ2v) is 5.27. The van der Waals surface area contributed by atoms with Gasteiger partial charge in [-0.2, -0.15) is 0 Å². The maximum atomic E-state index is 11.9. The SMILES string of the molecule is CC(=O)OC[C@H]1O[C@@H](n2ccc(=S)[nH]c2=O)C[C@@H]1OC(C)=O. The Morgan fingerprint density at radius 1 is 1.45 bits per heavy atom. The second kappa shape index (κ2) is 6.84. The molecule has 0 amide bonds. The Bertz CT molecular complexity index is 682.